The maximum atomic E-state index is 13.2. The number of hydrogen-bond donors (Lipinski definition) is 1. The molecule has 0 saturated carbocycles. The summed E-state index contributed by atoms with van der Waals surface area (Å²) in [7, 11) is 1.58. The molecule has 0 spiro atoms. The zero-order valence-electron chi connectivity index (χ0n) is 18.9. The maximum Gasteiger partial charge on any atom is 0.255 e. The first kappa shape index (κ1) is 22.4. The number of nitrogens with zero attached hydrogens (tertiary/aromatic N) is 1. The second-order valence-corrected chi connectivity index (χ2v) is 7.92. The largest absolute Gasteiger partial charge is 0.493 e. The van der Waals surface area contributed by atoms with Gasteiger partial charge in [0.25, 0.3) is 5.91 Å². The predicted molar refractivity (Wildman–Crippen MR) is 126 cm³/mol. The Labute approximate surface area is 194 Å². The molecule has 0 saturated heterocycles. The Morgan fingerprint density at radius 1 is 1.03 bits per heavy atom. The van der Waals surface area contributed by atoms with E-state index < -0.39 is 6.04 Å². The standard InChI is InChI=1S/C27H28N2O4/c1-3-33-24-14-13-20(15-25(24)32-2)23(16-26(30)28-17-19-9-5-4-6-10-19)29-18-21-11-7-8-12-22(21)27(29)31/h4-15,23H,3,16-18H2,1-2H3,(H,28,30)/t23-/m0/s1. The number of rotatable bonds is 9. The Bertz CT molecular complexity index is 1130. The van der Waals surface area contributed by atoms with Gasteiger partial charge in [0.15, 0.2) is 11.5 Å². The molecule has 0 unspecified atom stereocenters. The molecule has 2 amide bonds. The van der Waals surface area contributed by atoms with Crippen LogP contribution in [0.1, 0.15) is 46.4 Å². The minimum absolute atomic E-state index is 0.0701. The van der Waals surface area contributed by atoms with Crippen molar-refractivity contribution < 1.29 is 19.1 Å². The third-order valence-electron chi connectivity index (χ3n) is 5.81. The van der Waals surface area contributed by atoms with Crippen molar-refractivity contribution in [2.45, 2.75) is 32.5 Å². The number of carbonyl (C=O) groups excluding carboxylic acids is 2. The van der Waals surface area contributed by atoms with E-state index in [1.165, 1.54) is 0 Å². The summed E-state index contributed by atoms with van der Waals surface area (Å²) in [5.74, 6) is 1.01. The summed E-state index contributed by atoms with van der Waals surface area (Å²) in [5.41, 5.74) is 3.50. The average molecular weight is 445 g/mol. The first-order valence-electron chi connectivity index (χ1n) is 11.1. The summed E-state index contributed by atoms with van der Waals surface area (Å²) < 4.78 is 11.2. The molecule has 6 nitrogen and oxygen atoms in total. The van der Waals surface area contributed by atoms with Crippen molar-refractivity contribution in [2.75, 3.05) is 13.7 Å². The van der Waals surface area contributed by atoms with Crippen LogP contribution in [0.5, 0.6) is 11.5 Å². The fourth-order valence-electron chi connectivity index (χ4n) is 4.15. The van der Waals surface area contributed by atoms with Crippen LogP contribution in [0.2, 0.25) is 0 Å². The van der Waals surface area contributed by atoms with Gasteiger partial charge < -0.3 is 19.7 Å². The topological polar surface area (TPSA) is 67.9 Å². The number of fused-ring (bicyclic) bond motifs is 1. The summed E-state index contributed by atoms with van der Waals surface area (Å²) in [6.45, 7) is 3.32. The van der Waals surface area contributed by atoms with E-state index in [-0.39, 0.29) is 18.2 Å². The Kier molecular flexibility index (Phi) is 6.93. The highest BCUT2D eigenvalue weighted by molar-refractivity contribution is 5.98. The van der Waals surface area contributed by atoms with Crippen LogP contribution in [0.3, 0.4) is 0 Å². The summed E-state index contributed by atoms with van der Waals surface area (Å²) in [4.78, 5) is 28.0. The number of hydrogen-bond acceptors (Lipinski definition) is 4. The summed E-state index contributed by atoms with van der Waals surface area (Å²) in [5, 5.41) is 2.99. The molecule has 0 fully saturated rings. The molecule has 4 rings (SSSR count). The van der Waals surface area contributed by atoms with Crippen LogP contribution < -0.4 is 14.8 Å². The normalized spacial score (nSPS) is 13.4. The number of nitrogens with one attached hydrogen (secondary N) is 1. The Morgan fingerprint density at radius 3 is 2.52 bits per heavy atom. The zero-order chi connectivity index (χ0) is 23.2. The third-order valence-corrected chi connectivity index (χ3v) is 5.81. The van der Waals surface area contributed by atoms with Gasteiger partial charge in [0.1, 0.15) is 0 Å². The van der Waals surface area contributed by atoms with E-state index >= 15 is 0 Å². The predicted octanol–water partition coefficient (Wildman–Crippen LogP) is 4.50. The second-order valence-electron chi connectivity index (χ2n) is 7.92. The van der Waals surface area contributed by atoms with Crippen molar-refractivity contribution in [3.8, 4) is 11.5 Å². The Hall–Kier alpha value is -3.80. The minimum Gasteiger partial charge on any atom is -0.493 e. The van der Waals surface area contributed by atoms with Gasteiger partial charge >= 0.3 is 0 Å². The van der Waals surface area contributed by atoms with Gasteiger partial charge in [-0.15, -0.1) is 0 Å². The molecule has 170 valence electrons. The number of benzene rings is 3. The van der Waals surface area contributed by atoms with Gasteiger partial charge in [0.05, 0.1) is 26.2 Å². The highest BCUT2D eigenvalue weighted by atomic mass is 16.5. The van der Waals surface area contributed by atoms with Crippen LogP contribution in [0.15, 0.2) is 72.8 Å². The monoisotopic (exact) mass is 444 g/mol. The first-order chi connectivity index (χ1) is 16.1. The second kappa shape index (κ2) is 10.2. The molecule has 1 atom stereocenters. The molecular formula is C27H28N2O4. The number of methoxy groups -OCH3 is 1. The quantitative estimate of drug-likeness (QED) is 0.528. The molecule has 6 heteroatoms. The van der Waals surface area contributed by atoms with E-state index in [4.69, 9.17) is 9.47 Å². The van der Waals surface area contributed by atoms with Crippen molar-refractivity contribution >= 4 is 11.8 Å². The molecule has 1 aliphatic heterocycles. The van der Waals surface area contributed by atoms with E-state index in [2.05, 4.69) is 5.32 Å². The fraction of sp³-hybridized carbons (Fsp3) is 0.259. The SMILES string of the molecule is CCOc1ccc([C@H](CC(=O)NCc2ccccc2)N2Cc3ccccc3C2=O)cc1OC. The highest BCUT2D eigenvalue weighted by Gasteiger charge is 2.34. The lowest BCUT2D eigenvalue weighted by molar-refractivity contribution is -0.122. The van der Waals surface area contributed by atoms with Crippen LogP contribution in [0.25, 0.3) is 0 Å². The zero-order valence-corrected chi connectivity index (χ0v) is 18.9. The van der Waals surface area contributed by atoms with E-state index in [9.17, 15) is 9.59 Å². The van der Waals surface area contributed by atoms with Gasteiger partial charge in [-0.3, -0.25) is 9.59 Å². The fourth-order valence-corrected chi connectivity index (χ4v) is 4.15. The van der Waals surface area contributed by atoms with Crippen molar-refractivity contribution in [1.82, 2.24) is 10.2 Å². The molecule has 3 aromatic rings. The molecule has 0 aromatic heterocycles. The van der Waals surface area contributed by atoms with E-state index in [1.54, 1.807) is 12.0 Å². The Balaban J connectivity index is 1.60. The van der Waals surface area contributed by atoms with Crippen LogP contribution in [0.4, 0.5) is 0 Å². The van der Waals surface area contributed by atoms with E-state index in [0.717, 1.165) is 16.7 Å². The molecule has 1 heterocycles. The lowest BCUT2D eigenvalue weighted by Gasteiger charge is -2.28. The highest BCUT2D eigenvalue weighted by Crippen LogP contribution is 2.37. The van der Waals surface area contributed by atoms with Crippen molar-refractivity contribution in [3.63, 3.8) is 0 Å². The smallest absolute Gasteiger partial charge is 0.255 e. The molecule has 33 heavy (non-hydrogen) atoms. The number of ether oxygens (including phenoxy) is 2. The van der Waals surface area contributed by atoms with Crippen LogP contribution in [-0.4, -0.2) is 30.4 Å². The molecule has 3 aromatic carbocycles. The first-order valence-corrected chi connectivity index (χ1v) is 11.1. The molecule has 1 N–H and O–H groups in total. The lowest BCUT2D eigenvalue weighted by Crippen LogP contribution is -2.34. The van der Waals surface area contributed by atoms with Gasteiger partial charge in [-0.25, -0.2) is 0 Å². The summed E-state index contributed by atoms with van der Waals surface area (Å²) in [6.07, 6.45) is 0.143. The van der Waals surface area contributed by atoms with Crippen LogP contribution in [-0.2, 0) is 17.9 Å². The number of amides is 2. The molecule has 1 aliphatic rings. The van der Waals surface area contributed by atoms with Crippen LogP contribution in [0, 0.1) is 0 Å². The molecule has 0 aliphatic carbocycles. The van der Waals surface area contributed by atoms with E-state index in [0.29, 0.717) is 36.8 Å². The lowest BCUT2D eigenvalue weighted by atomic mass is 10.0. The Morgan fingerprint density at radius 2 is 1.79 bits per heavy atom. The summed E-state index contributed by atoms with van der Waals surface area (Å²) >= 11 is 0. The van der Waals surface area contributed by atoms with Gasteiger partial charge in [-0.1, -0.05) is 54.6 Å². The number of carbonyl (C=O) groups is 2. The van der Waals surface area contributed by atoms with Crippen LogP contribution >= 0.6 is 0 Å². The van der Waals surface area contributed by atoms with Gasteiger partial charge in [-0.2, -0.15) is 0 Å². The van der Waals surface area contributed by atoms with Gasteiger partial charge in [-0.05, 0) is 41.8 Å². The van der Waals surface area contributed by atoms with E-state index in [1.807, 2.05) is 79.7 Å². The van der Waals surface area contributed by atoms with Gasteiger partial charge in [0.2, 0.25) is 5.91 Å². The molecule has 0 radical (unpaired) electrons. The van der Waals surface area contributed by atoms with Crippen molar-refractivity contribution in [3.05, 3.63) is 95.1 Å². The maximum absolute atomic E-state index is 13.2. The van der Waals surface area contributed by atoms with Crippen molar-refractivity contribution in [2.24, 2.45) is 0 Å². The van der Waals surface area contributed by atoms with Crippen molar-refractivity contribution in [1.29, 1.82) is 0 Å². The average Bonchev–Trinajstić information content (AvgIpc) is 3.18. The van der Waals surface area contributed by atoms with Gasteiger partial charge in [0, 0.05) is 18.7 Å². The summed E-state index contributed by atoms with van der Waals surface area (Å²) in [6, 6.07) is 22.5. The molecule has 0 bridgehead atoms. The third kappa shape index (κ3) is 5.00. The minimum atomic E-state index is -0.440. The molecular weight excluding hydrogens is 416 g/mol.